The molecule has 0 saturated heterocycles. The van der Waals surface area contributed by atoms with Crippen LogP contribution in [0.1, 0.15) is 0 Å². The summed E-state index contributed by atoms with van der Waals surface area (Å²) in [6.07, 6.45) is 4.83. The number of nitrogens with zero attached hydrogens (tertiary/aromatic N) is 3. The highest BCUT2D eigenvalue weighted by Crippen LogP contribution is 1.98. The Morgan fingerprint density at radius 3 is 3.11 bits per heavy atom. The summed E-state index contributed by atoms with van der Waals surface area (Å²) in [6.45, 7) is 0. The van der Waals surface area contributed by atoms with Crippen LogP contribution < -0.4 is 0 Å². The molecule has 0 saturated carbocycles. The molecule has 2 heterocycles. The molecule has 2 aromatic rings. The summed E-state index contributed by atoms with van der Waals surface area (Å²) in [5.41, 5.74) is 0.676. The molecular formula is C5H5N3O. The molecule has 0 aliphatic heterocycles. The highest BCUT2D eigenvalue weighted by Gasteiger charge is 1.95. The Balaban J connectivity index is 2.99. The third kappa shape index (κ3) is 0.440. The van der Waals surface area contributed by atoms with E-state index in [9.17, 15) is 0 Å². The first kappa shape index (κ1) is 4.43. The SMILES string of the molecule is On1ccn2nccc12. The summed E-state index contributed by atoms with van der Waals surface area (Å²) >= 11 is 0. The second-order valence-corrected chi connectivity index (χ2v) is 1.78. The summed E-state index contributed by atoms with van der Waals surface area (Å²) in [5.74, 6) is 0. The lowest BCUT2D eigenvalue weighted by molar-refractivity contribution is 0.198. The van der Waals surface area contributed by atoms with E-state index in [4.69, 9.17) is 5.21 Å². The van der Waals surface area contributed by atoms with Crippen LogP contribution in [-0.4, -0.2) is 19.6 Å². The molecule has 0 fully saturated rings. The van der Waals surface area contributed by atoms with E-state index in [2.05, 4.69) is 5.10 Å². The molecule has 0 amide bonds. The van der Waals surface area contributed by atoms with Crippen LogP contribution in [0.2, 0.25) is 0 Å². The van der Waals surface area contributed by atoms with Gasteiger partial charge in [-0.25, -0.2) is 4.52 Å². The third-order valence-electron chi connectivity index (χ3n) is 1.23. The first-order valence-corrected chi connectivity index (χ1v) is 2.58. The Bertz CT molecular complexity index is 321. The zero-order chi connectivity index (χ0) is 6.27. The van der Waals surface area contributed by atoms with Gasteiger partial charge in [-0.3, -0.25) is 0 Å². The van der Waals surface area contributed by atoms with Gasteiger partial charge in [0.25, 0.3) is 0 Å². The normalized spacial score (nSPS) is 10.7. The van der Waals surface area contributed by atoms with E-state index >= 15 is 0 Å². The van der Waals surface area contributed by atoms with Crippen LogP contribution in [0.15, 0.2) is 24.7 Å². The molecule has 0 atom stereocenters. The fourth-order valence-electron chi connectivity index (χ4n) is 0.806. The summed E-state index contributed by atoms with van der Waals surface area (Å²) < 4.78 is 2.60. The molecule has 0 unspecified atom stereocenters. The van der Waals surface area contributed by atoms with Crippen LogP contribution in [-0.2, 0) is 0 Å². The first-order chi connectivity index (χ1) is 4.38. The third-order valence-corrected chi connectivity index (χ3v) is 1.23. The van der Waals surface area contributed by atoms with Crippen molar-refractivity contribution in [1.29, 1.82) is 0 Å². The average molecular weight is 123 g/mol. The zero-order valence-corrected chi connectivity index (χ0v) is 4.60. The highest BCUT2D eigenvalue weighted by atomic mass is 16.5. The molecule has 4 nitrogen and oxygen atoms in total. The van der Waals surface area contributed by atoms with E-state index in [1.807, 2.05) is 0 Å². The number of hydrogen-bond acceptors (Lipinski definition) is 2. The van der Waals surface area contributed by atoms with Crippen LogP contribution in [0.5, 0.6) is 0 Å². The molecule has 0 aromatic carbocycles. The molecule has 4 heteroatoms. The van der Waals surface area contributed by atoms with Gasteiger partial charge in [-0.2, -0.15) is 9.83 Å². The summed E-state index contributed by atoms with van der Waals surface area (Å²) in [6, 6.07) is 1.72. The minimum absolute atomic E-state index is 0.676. The number of rotatable bonds is 0. The number of imidazole rings is 1. The van der Waals surface area contributed by atoms with Gasteiger partial charge in [-0.15, -0.1) is 0 Å². The lowest BCUT2D eigenvalue weighted by atomic mass is 10.7. The molecule has 46 valence electrons. The largest absolute Gasteiger partial charge is 0.427 e. The molecule has 0 radical (unpaired) electrons. The predicted octanol–water partition coefficient (Wildman–Crippen LogP) is 0.373. The van der Waals surface area contributed by atoms with Gasteiger partial charge in [0.15, 0.2) is 5.65 Å². The smallest absolute Gasteiger partial charge is 0.170 e. The van der Waals surface area contributed by atoms with Crippen LogP contribution in [0.25, 0.3) is 5.65 Å². The van der Waals surface area contributed by atoms with Crippen molar-refractivity contribution in [2.24, 2.45) is 0 Å². The molecule has 1 N–H and O–H groups in total. The fourth-order valence-corrected chi connectivity index (χ4v) is 0.806. The maximum absolute atomic E-state index is 8.96. The van der Waals surface area contributed by atoms with Gasteiger partial charge in [0.2, 0.25) is 0 Å². The maximum Gasteiger partial charge on any atom is 0.170 e. The Hall–Kier alpha value is -1.45. The fraction of sp³-hybridized carbons (Fsp3) is 0. The Morgan fingerprint density at radius 2 is 2.33 bits per heavy atom. The lowest BCUT2D eigenvalue weighted by Gasteiger charge is -1.84. The van der Waals surface area contributed by atoms with Crippen molar-refractivity contribution in [1.82, 2.24) is 14.3 Å². The van der Waals surface area contributed by atoms with Crippen molar-refractivity contribution < 1.29 is 5.21 Å². The minimum Gasteiger partial charge on any atom is -0.427 e. The monoisotopic (exact) mass is 123 g/mol. The number of hydrogen-bond donors (Lipinski definition) is 1. The Kier molecular flexibility index (Phi) is 0.631. The van der Waals surface area contributed by atoms with Crippen molar-refractivity contribution in [3.8, 4) is 0 Å². The van der Waals surface area contributed by atoms with Crippen molar-refractivity contribution in [3.05, 3.63) is 24.7 Å². The number of aromatic nitrogens is 3. The van der Waals surface area contributed by atoms with Crippen molar-refractivity contribution >= 4 is 5.65 Å². The van der Waals surface area contributed by atoms with E-state index in [0.717, 1.165) is 4.73 Å². The Labute approximate surface area is 50.9 Å². The minimum atomic E-state index is 0.676. The number of fused-ring (bicyclic) bond motifs is 1. The average Bonchev–Trinajstić information content (AvgIpc) is 2.35. The first-order valence-electron chi connectivity index (χ1n) is 2.58. The van der Waals surface area contributed by atoms with Crippen LogP contribution in [0.4, 0.5) is 0 Å². The molecule has 0 aliphatic carbocycles. The predicted molar refractivity (Wildman–Crippen MR) is 30.4 cm³/mol. The van der Waals surface area contributed by atoms with Gasteiger partial charge in [-0.1, -0.05) is 0 Å². The molecule has 0 aliphatic rings. The summed E-state index contributed by atoms with van der Waals surface area (Å²) in [4.78, 5) is 0. The molecule has 2 aromatic heterocycles. The molecule has 2 rings (SSSR count). The van der Waals surface area contributed by atoms with Gasteiger partial charge in [0, 0.05) is 6.07 Å². The molecule has 0 bridgehead atoms. The second-order valence-electron chi connectivity index (χ2n) is 1.78. The Morgan fingerprint density at radius 1 is 1.44 bits per heavy atom. The molecule has 0 spiro atoms. The van der Waals surface area contributed by atoms with Gasteiger partial charge in [-0.05, 0) is 0 Å². The zero-order valence-electron chi connectivity index (χ0n) is 4.60. The lowest BCUT2D eigenvalue weighted by Crippen LogP contribution is -1.85. The molecule has 9 heavy (non-hydrogen) atoms. The quantitative estimate of drug-likeness (QED) is 0.514. The summed E-state index contributed by atoms with van der Waals surface area (Å²) in [7, 11) is 0. The maximum atomic E-state index is 8.96. The summed E-state index contributed by atoms with van der Waals surface area (Å²) in [5, 5.41) is 12.8. The van der Waals surface area contributed by atoms with Gasteiger partial charge in [0.1, 0.15) is 0 Å². The highest BCUT2D eigenvalue weighted by molar-refractivity contribution is 5.36. The van der Waals surface area contributed by atoms with Crippen molar-refractivity contribution in [2.75, 3.05) is 0 Å². The van der Waals surface area contributed by atoms with Crippen LogP contribution in [0.3, 0.4) is 0 Å². The van der Waals surface area contributed by atoms with E-state index in [0.29, 0.717) is 5.65 Å². The van der Waals surface area contributed by atoms with E-state index < -0.39 is 0 Å². The van der Waals surface area contributed by atoms with Crippen molar-refractivity contribution in [3.63, 3.8) is 0 Å². The van der Waals surface area contributed by atoms with Gasteiger partial charge in [0.05, 0.1) is 18.6 Å². The topological polar surface area (TPSA) is 42.5 Å². The molecular weight excluding hydrogens is 118 g/mol. The van der Waals surface area contributed by atoms with Crippen LogP contribution >= 0.6 is 0 Å². The second kappa shape index (κ2) is 1.28. The van der Waals surface area contributed by atoms with E-state index in [1.165, 1.54) is 6.20 Å². The standard InChI is InChI=1S/C5H5N3O/c9-8-4-3-7-5(8)1-2-6-7/h1-4,9H. The van der Waals surface area contributed by atoms with E-state index in [1.54, 1.807) is 23.0 Å². The van der Waals surface area contributed by atoms with Crippen LogP contribution in [0, 0.1) is 0 Å². The van der Waals surface area contributed by atoms with Crippen molar-refractivity contribution in [2.45, 2.75) is 0 Å². The van der Waals surface area contributed by atoms with E-state index in [-0.39, 0.29) is 0 Å². The van der Waals surface area contributed by atoms with Gasteiger partial charge < -0.3 is 5.21 Å². The van der Waals surface area contributed by atoms with Gasteiger partial charge >= 0.3 is 0 Å².